The summed E-state index contributed by atoms with van der Waals surface area (Å²) in [5.41, 5.74) is 1.76. The Labute approximate surface area is 140 Å². The van der Waals surface area contributed by atoms with Crippen molar-refractivity contribution < 1.29 is 9.53 Å². The van der Waals surface area contributed by atoms with Gasteiger partial charge in [0.2, 0.25) is 5.91 Å². The van der Waals surface area contributed by atoms with Gasteiger partial charge in [-0.05, 0) is 36.2 Å². The predicted molar refractivity (Wildman–Crippen MR) is 90.3 cm³/mol. The second kappa shape index (κ2) is 8.21. The number of benzene rings is 1. The second-order valence-electron chi connectivity index (χ2n) is 5.02. The third-order valence-electron chi connectivity index (χ3n) is 3.21. The molecule has 0 aliphatic carbocycles. The predicted octanol–water partition coefficient (Wildman–Crippen LogP) is 3.17. The summed E-state index contributed by atoms with van der Waals surface area (Å²) in [7, 11) is 0. The Balaban J connectivity index is 1.95. The number of terminal acetylenes is 1. The van der Waals surface area contributed by atoms with Gasteiger partial charge < -0.3 is 10.1 Å². The number of carbonyl (C=O) groups is 1. The molecule has 0 saturated heterocycles. The van der Waals surface area contributed by atoms with Crippen LogP contribution in [0.15, 0.2) is 42.6 Å². The second-order valence-corrected chi connectivity index (χ2v) is 5.41. The van der Waals surface area contributed by atoms with E-state index in [9.17, 15) is 4.79 Å². The van der Waals surface area contributed by atoms with Gasteiger partial charge in [-0.2, -0.15) is 0 Å². The first-order valence-electron chi connectivity index (χ1n) is 7.14. The lowest BCUT2D eigenvalue weighted by atomic mass is 10.1. The zero-order valence-corrected chi connectivity index (χ0v) is 13.5. The van der Waals surface area contributed by atoms with Gasteiger partial charge in [0.05, 0.1) is 12.5 Å². The largest absolute Gasteiger partial charge is 0.481 e. The van der Waals surface area contributed by atoms with Gasteiger partial charge in [0.25, 0.3) is 0 Å². The maximum absolute atomic E-state index is 12.1. The monoisotopic (exact) mass is 328 g/mol. The van der Waals surface area contributed by atoms with Crippen molar-refractivity contribution in [3.8, 4) is 18.1 Å². The van der Waals surface area contributed by atoms with E-state index in [1.165, 1.54) is 0 Å². The molecule has 2 rings (SSSR count). The molecule has 1 aromatic heterocycles. The Bertz CT molecular complexity index is 708. The smallest absolute Gasteiger partial charge is 0.224 e. The molecule has 0 aliphatic rings. The highest BCUT2D eigenvalue weighted by Gasteiger charge is 2.11. The van der Waals surface area contributed by atoms with Crippen molar-refractivity contribution >= 4 is 17.5 Å². The first kappa shape index (κ1) is 16.9. The normalized spacial score (nSPS) is 11.3. The molecule has 1 atom stereocenters. The lowest BCUT2D eigenvalue weighted by molar-refractivity contribution is -0.121. The zero-order valence-electron chi connectivity index (χ0n) is 12.8. The Morgan fingerprint density at radius 2 is 2.26 bits per heavy atom. The summed E-state index contributed by atoms with van der Waals surface area (Å²) in [6.07, 6.45) is 7.03. The highest BCUT2D eigenvalue weighted by Crippen LogP contribution is 2.19. The maximum atomic E-state index is 12.1. The van der Waals surface area contributed by atoms with Crippen molar-refractivity contribution in [3.05, 3.63) is 58.9 Å². The molecule has 23 heavy (non-hydrogen) atoms. The van der Waals surface area contributed by atoms with E-state index in [1.54, 1.807) is 18.3 Å². The fourth-order valence-electron chi connectivity index (χ4n) is 2.07. The van der Waals surface area contributed by atoms with Crippen LogP contribution in [0.3, 0.4) is 0 Å². The molecule has 1 N–H and O–H groups in total. The average Bonchev–Trinajstić information content (AvgIpc) is 2.55. The van der Waals surface area contributed by atoms with Gasteiger partial charge in [-0.1, -0.05) is 35.7 Å². The first-order chi connectivity index (χ1) is 11.1. The number of pyridine rings is 1. The van der Waals surface area contributed by atoms with Crippen molar-refractivity contribution in [1.29, 1.82) is 0 Å². The molecular formula is C18H17ClN2O2. The van der Waals surface area contributed by atoms with Gasteiger partial charge in [0.1, 0.15) is 17.5 Å². The number of aromatic nitrogens is 1. The minimum atomic E-state index is -0.142. The SMILES string of the molecule is C#CCOc1cccc(C(C)NC(=O)Cc2ccc(Cl)nc2)c1. The third kappa shape index (κ3) is 5.32. The maximum Gasteiger partial charge on any atom is 0.224 e. The summed E-state index contributed by atoms with van der Waals surface area (Å²) in [5, 5.41) is 3.36. The van der Waals surface area contributed by atoms with Crippen LogP contribution in [0.5, 0.6) is 5.75 Å². The van der Waals surface area contributed by atoms with Gasteiger partial charge >= 0.3 is 0 Å². The van der Waals surface area contributed by atoms with E-state index in [1.807, 2.05) is 31.2 Å². The molecule has 1 amide bonds. The molecule has 1 unspecified atom stereocenters. The number of nitrogens with zero attached hydrogens (tertiary/aromatic N) is 1. The topological polar surface area (TPSA) is 51.2 Å². The molecule has 0 saturated carbocycles. The van der Waals surface area contributed by atoms with E-state index in [0.717, 1.165) is 11.1 Å². The van der Waals surface area contributed by atoms with Crippen LogP contribution >= 0.6 is 11.6 Å². The van der Waals surface area contributed by atoms with E-state index in [2.05, 4.69) is 16.2 Å². The summed E-state index contributed by atoms with van der Waals surface area (Å²) >= 11 is 5.73. The number of nitrogens with one attached hydrogen (secondary N) is 1. The Hall–Kier alpha value is -2.51. The summed E-state index contributed by atoms with van der Waals surface area (Å²) in [4.78, 5) is 16.1. The van der Waals surface area contributed by atoms with E-state index in [-0.39, 0.29) is 25.0 Å². The number of halogens is 1. The minimum Gasteiger partial charge on any atom is -0.481 e. The Kier molecular flexibility index (Phi) is 6.02. The van der Waals surface area contributed by atoms with Crippen LogP contribution in [0.2, 0.25) is 5.15 Å². The van der Waals surface area contributed by atoms with Crippen LogP contribution in [-0.2, 0) is 11.2 Å². The number of amides is 1. The van der Waals surface area contributed by atoms with Crippen LogP contribution in [-0.4, -0.2) is 17.5 Å². The molecule has 0 fully saturated rings. The van der Waals surface area contributed by atoms with Crippen molar-refractivity contribution in [3.63, 3.8) is 0 Å². The highest BCUT2D eigenvalue weighted by molar-refractivity contribution is 6.29. The lowest BCUT2D eigenvalue weighted by Crippen LogP contribution is -2.28. The van der Waals surface area contributed by atoms with Crippen LogP contribution in [0, 0.1) is 12.3 Å². The Morgan fingerprint density at radius 1 is 1.43 bits per heavy atom. The van der Waals surface area contributed by atoms with Gasteiger partial charge in [-0.3, -0.25) is 4.79 Å². The summed E-state index contributed by atoms with van der Waals surface area (Å²) in [5.74, 6) is 3.02. The fraction of sp³-hybridized carbons (Fsp3) is 0.222. The molecule has 0 radical (unpaired) electrons. The molecule has 1 heterocycles. The minimum absolute atomic E-state index is 0.0865. The molecule has 1 aromatic carbocycles. The summed E-state index contributed by atoms with van der Waals surface area (Å²) < 4.78 is 5.39. The third-order valence-corrected chi connectivity index (χ3v) is 3.43. The fourth-order valence-corrected chi connectivity index (χ4v) is 2.18. The summed E-state index contributed by atoms with van der Waals surface area (Å²) in [6, 6.07) is 10.8. The zero-order chi connectivity index (χ0) is 16.7. The molecule has 4 nitrogen and oxygen atoms in total. The molecule has 0 spiro atoms. The average molecular weight is 329 g/mol. The van der Waals surface area contributed by atoms with E-state index in [0.29, 0.717) is 10.9 Å². The highest BCUT2D eigenvalue weighted by atomic mass is 35.5. The molecule has 0 aliphatic heterocycles. The van der Waals surface area contributed by atoms with Crippen molar-refractivity contribution in [1.82, 2.24) is 10.3 Å². The van der Waals surface area contributed by atoms with Gasteiger partial charge in [0, 0.05) is 6.20 Å². The van der Waals surface area contributed by atoms with Gasteiger partial charge in [-0.15, -0.1) is 6.42 Å². The first-order valence-corrected chi connectivity index (χ1v) is 7.52. The standard InChI is InChI=1S/C18H17ClN2O2/c1-3-9-23-16-6-4-5-15(11-16)13(2)21-18(22)10-14-7-8-17(19)20-12-14/h1,4-8,11-13H,9-10H2,2H3,(H,21,22). The number of carbonyl (C=O) groups excluding carboxylic acids is 1. The van der Waals surface area contributed by atoms with Gasteiger partial charge in [0.15, 0.2) is 0 Å². The summed E-state index contributed by atoms with van der Waals surface area (Å²) in [6.45, 7) is 2.13. The molecule has 5 heteroatoms. The Morgan fingerprint density at radius 3 is 2.96 bits per heavy atom. The van der Waals surface area contributed by atoms with Gasteiger partial charge in [-0.25, -0.2) is 4.98 Å². The van der Waals surface area contributed by atoms with E-state index < -0.39 is 0 Å². The van der Waals surface area contributed by atoms with Crippen LogP contribution in [0.4, 0.5) is 0 Å². The molecule has 2 aromatic rings. The number of hydrogen-bond acceptors (Lipinski definition) is 3. The number of ether oxygens (including phenoxy) is 1. The van der Waals surface area contributed by atoms with E-state index in [4.69, 9.17) is 22.8 Å². The molecular weight excluding hydrogens is 312 g/mol. The van der Waals surface area contributed by atoms with Crippen LogP contribution in [0.25, 0.3) is 0 Å². The number of hydrogen-bond donors (Lipinski definition) is 1. The van der Waals surface area contributed by atoms with E-state index >= 15 is 0 Å². The quantitative estimate of drug-likeness (QED) is 0.654. The van der Waals surface area contributed by atoms with Crippen molar-refractivity contribution in [2.75, 3.05) is 6.61 Å². The van der Waals surface area contributed by atoms with Crippen molar-refractivity contribution in [2.45, 2.75) is 19.4 Å². The van der Waals surface area contributed by atoms with Crippen LogP contribution in [0.1, 0.15) is 24.1 Å². The molecule has 0 bridgehead atoms. The number of rotatable bonds is 6. The molecule has 118 valence electrons. The van der Waals surface area contributed by atoms with Crippen molar-refractivity contribution in [2.24, 2.45) is 0 Å². The lowest BCUT2D eigenvalue weighted by Gasteiger charge is -2.15. The van der Waals surface area contributed by atoms with Crippen LogP contribution < -0.4 is 10.1 Å².